The number of aliphatic hydroxyl groups excluding tert-OH is 1. The number of benzene rings is 3. The second kappa shape index (κ2) is 47.1. The van der Waals surface area contributed by atoms with Gasteiger partial charge in [-0.3, -0.25) is 43.2 Å². The molecule has 1 aliphatic carbocycles. The van der Waals surface area contributed by atoms with Gasteiger partial charge in [0.15, 0.2) is 0 Å². The predicted molar refractivity (Wildman–Crippen MR) is 398 cm³/mol. The monoisotopic (exact) mass is 1440 g/mol. The average Bonchev–Trinajstić information content (AvgIpc) is 1.62. The Morgan fingerprint density at radius 2 is 0.859 bits per heavy atom. The van der Waals surface area contributed by atoms with Gasteiger partial charge >= 0.3 is 26.9 Å². The third kappa shape index (κ3) is 29.4. The molecule has 12 atom stereocenters. The van der Waals surface area contributed by atoms with Crippen molar-refractivity contribution in [3.63, 3.8) is 0 Å². The lowest BCUT2D eigenvalue weighted by molar-refractivity contribution is -0.126. The van der Waals surface area contributed by atoms with E-state index >= 15 is 0 Å². The van der Waals surface area contributed by atoms with Crippen molar-refractivity contribution in [2.24, 2.45) is 52.7 Å². The van der Waals surface area contributed by atoms with E-state index in [1.165, 1.54) is 0 Å². The summed E-state index contributed by atoms with van der Waals surface area (Å²) in [5, 5.41) is 16.1. The van der Waals surface area contributed by atoms with Gasteiger partial charge < -0.3 is 64.2 Å². The van der Waals surface area contributed by atoms with Crippen LogP contribution in [0.3, 0.4) is 0 Å². The van der Waals surface area contributed by atoms with E-state index in [1.807, 2.05) is 32.9 Å². The number of amides is 6. The minimum atomic E-state index is -3.83. The van der Waals surface area contributed by atoms with Crippen LogP contribution in [0.5, 0.6) is 0 Å². The normalized spacial score (nSPS) is 20.8. The number of hydrogen-bond acceptors (Lipinski definition) is 16. The van der Waals surface area contributed by atoms with E-state index in [-0.39, 0.29) is 115 Å². The van der Waals surface area contributed by atoms with Crippen LogP contribution in [0.1, 0.15) is 229 Å². The summed E-state index contributed by atoms with van der Waals surface area (Å²) < 4.78 is 42.1. The molecule has 2 saturated heterocycles. The number of aliphatic hydroxyl groups is 1. The Hall–Kier alpha value is -6.14. The number of primary amides is 3. The summed E-state index contributed by atoms with van der Waals surface area (Å²) in [5.74, 6) is -4.45. The standard InChI is InChI=1S/C68H102N6O15Si3.CH4O.5CH4/c1-8-16-54(45(4)75)42-57(63(69)78)39-48-21-27-51(28-22-48)66(81)72-33-13-36-90-85-60-19-11-12-20-61-62(60)87-92(88-90,38-15-35-74-68(83)53-31-25-50(26-32-53)41-59(65(71)80)44-56(18-10-3)47(6)77)89-91(84-7,86-61)37-14-34-73-67(82)52-29-23-49(24-30-52)40-58(64(70)79)43-55(17-9-2)46(5)76;1-2;;;;;/h21-32,54-62,90H,8-20,33-44H2,1-7H3,(H2,69,78)(H2,70,79)(H2,71,80)(H,72,81)(H,73,82)(H,74,83);2H,1H3;5*1H4. The first-order valence-corrected chi connectivity index (χ1v) is 39.5. The van der Waals surface area contributed by atoms with Gasteiger partial charge in [-0.15, -0.1) is 0 Å². The van der Waals surface area contributed by atoms with E-state index in [4.69, 9.17) is 48.2 Å². The molecule has 1 saturated carbocycles. The molecule has 0 aromatic heterocycles. The summed E-state index contributed by atoms with van der Waals surface area (Å²) >= 11 is 0. The molecule has 3 aliphatic rings. The summed E-state index contributed by atoms with van der Waals surface area (Å²) in [6.45, 7) is 11.5. The molecule has 99 heavy (non-hydrogen) atoms. The second-order valence-corrected chi connectivity index (χ2v) is 33.6. The van der Waals surface area contributed by atoms with Gasteiger partial charge in [-0.1, -0.05) is 126 Å². The van der Waals surface area contributed by atoms with Crippen LogP contribution >= 0.6 is 0 Å². The number of carbonyl (C=O) groups excluding carboxylic acids is 9. The minimum Gasteiger partial charge on any atom is -0.400 e. The smallest absolute Gasteiger partial charge is 0.400 e. The number of carbonyl (C=O) groups is 9. The molecule has 3 aromatic carbocycles. The fourth-order valence-corrected chi connectivity index (χ4v) is 24.5. The summed E-state index contributed by atoms with van der Waals surface area (Å²) in [6, 6.07) is 22.2. The maximum atomic E-state index is 13.7. The Morgan fingerprint density at radius 1 is 0.515 bits per heavy atom. The molecule has 12 unspecified atom stereocenters. The Balaban J connectivity index is 0.0000136. The van der Waals surface area contributed by atoms with Gasteiger partial charge in [0, 0.05) is 98.1 Å². The van der Waals surface area contributed by atoms with Gasteiger partial charge in [-0.25, -0.2) is 0 Å². The lowest BCUT2D eigenvalue weighted by Crippen LogP contribution is -2.58. The fourth-order valence-electron chi connectivity index (χ4n) is 12.9. The Labute approximate surface area is 596 Å². The van der Waals surface area contributed by atoms with Crippen LogP contribution in [-0.2, 0) is 74.0 Å². The number of nitrogens with two attached hydrogens (primary N) is 3. The molecule has 22 nitrogen and oxygen atoms in total. The highest BCUT2D eigenvalue weighted by atomic mass is 28.5. The van der Waals surface area contributed by atoms with Gasteiger partial charge in [0.1, 0.15) is 17.3 Å². The van der Waals surface area contributed by atoms with Crippen LogP contribution in [0.4, 0.5) is 0 Å². The summed E-state index contributed by atoms with van der Waals surface area (Å²) in [6.07, 6.45) is 9.79. The number of fused-ring (bicyclic) bond motifs is 1. The van der Waals surface area contributed by atoms with Crippen LogP contribution in [-0.4, -0.2) is 137 Å². The zero-order valence-electron chi connectivity index (χ0n) is 56.7. The maximum absolute atomic E-state index is 13.7. The van der Waals surface area contributed by atoms with Crippen LogP contribution < -0.4 is 33.2 Å². The van der Waals surface area contributed by atoms with Crippen molar-refractivity contribution >= 4 is 79.7 Å². The van der Waals surface area contributed by atoms with Crippen molar-refractivity contribution < 1.29 is 74.2 Å². The summed E-state index contributed by atoms with van der Waals surface area (Å²) in [4.78, 5) is 115. The van der Waals surface area contributed by atoms with Crippen molar-refractivity contribution in [1.82, 2.24) is 16.0 Å². The van der Waals surface area contributed by atoms with E-state index in [1.54, 1.807) is 88.5 Å². The Bertz CT molecular complexity index is 2950. The number of Topliss-reactive ketones (excluding diaryl/α,β-unsaturated/α-hetero) is 3. The van der Waals surface area contributed by atoms with E-state index < -0.39 is 74.6 Å². The molecule has 2 aliphatic heterocycles. The van der Waals surface area contributed by atoms with Crippen molar-refractivity contribution in [2.45, 2.75) is 237 Å². The Morgan fingerprint density at radius 3 is 1.19 bits per heavy atom. The molecule has 560 valence electrons. The predicted octanol–water partition coefficient (Wildman–Crippen LogP) is 10.9. The van der Waals surface area contributed by atoms with Crippen LogP contribution in [0.15, 0.2) is 72.8 Å². The first-order valence-electron chi connectivity index (χ1n) is 33.9. The molecule has 6 rings (SSSR count). The number of nitrogens with one attached hydrogen (secondary N) is 3. The summed E-state index contributed by atoms with van der Waals surface area (Å²) in [7, 11) is -7.61. The molecule has 10 N–H and O–H groups in total. The van der Waals surface area contributed by atoms with Gasteiger partial charge in [0.2, 0.25) is 17.7 Å². The van der Waals surface area contributed by atoms with Crippen molar-refractivity contribution in [2.75, 3.05) is 33.9 Å². The number of rotatable bonds is 40. The zero-order chi connectivity index (χ0) is 69.0. The highest BCUT2D eigenvalue weighted by molar-refractivity contribution is 6.78. The van der Waals surface area contributed by atoms with Crippen molar-refractivity contribution in [3.05, 3.63) is 106 Å². The Kier molecular flexibility index (Phi) is 44.2. The third-order valence-corrected chi connectivity index (χ3v) is 28.7. The van der Waals surface area contributed by atoms with Crippen LogP contribution in [0, 0.1) is 35.5 Å². The zero-order valence-corrected chi connectivity index (χ0v) is 59.8. The highest BCUT2D eigenvalue weighted by Crippen LogP contribution is 2.42. The van der Waals surface area contributed by atoms with Crippen LogP contribution in [0.25, 0.3) is 0 Å². The van der Waals surface area contributed by atoms with E-state index in [9.17, 15) is 43.2 Å². The van der Waals surface area contributed by atoms with E-state index in [2.05, 4.69) is 16.0 Å². The van der Waals surface area contributed by atoms with Gasteiger partial charge in [-0.2, -0.15) is 0 Å². The summed E-state index contributed by atoms with van der Waals surface area (Å²) in [5.41, 5.74) is 21.2. The van der Waals surface area contributed by atoms with Gasteiger partial charge in [-0.05, 0) is 170 Å². The SMILES string of the molecule is C.C.C.C.C.CCCC(CC(Cc1ccc(C(=O)NCCC[SiH]2OC3CCCCC4O[Si](CCCNC(=O)c5ccc(CC(CC(CCC)C(C)=O)C(N)=O)cc5)(OC)O[Si](CCCNC(=O)c5ccc(CC(CC(CCC)C(C)=O)C(N)=O)cc5)(OC34)O2)cc1)C(N)=O)C(C)=O.CO. The molecular formula is C74H126N6O16Si3. The quantitative estimate of drug-likeness (QED) is 0.0205. The number of hydrogen-bond donors (Lipinski definition) is 7. The average molecular weight is 1440 g/mol. The first-order chi connectivity index (χ1) is 45.0. The van der Waals surface area contributed by atoms with Crippen LogP contribution in [0.2, 0.25) is 18.1 Å². The molecular weight excluding hydrogens is 1310 g/mol. The highest BCUT2D eigenvalue weighted by Gasteiger charge is 2.62. The van der Waals surface area contributed by atoms with Crippen molar-refractivity contribution in [3.8, 4) is 0 Å². The molecule has 0 spiro atoms. The molecule has 3 fully saturated rings. The lowest BCUT2D eigenvalue weighted by atomic mass is 9.85. The number of ketones is 3. The fraction of sp³-hybridized carbons (Fsp3) is 0.635. The van der Waals surface area contributed by atoms with Gasteiger partial charge in [0.05, 0.1) is 18.3 Å². The maximum Gasteiger partial charge on any atom is 0.493 e. The van der Waals surface area contributed by atoms with E-state index in [0.717, 1.165) is 55.9 Å². The molecule has 3 aromatic rings. The third-order valence-electron chi connectivity index (χ3n) is 18.3. The van der Waals surface area contributed by atoms with Gasteiger partial charge in [0.25, 0.3) is 17.7 Å². The molecule has 6 amide bonds. The van der Waals surface area contributed by atoms with Crippen molar-refractivity contribution in [1.29, 1.82) is 0 Å². The largest absolute Gasteiger partial charge is 0.493 e. The molecule has 2 bridgehead atoms. The molecule has 25 heteroatoms. The molecule has 0 radical (unpaired) electrons. The minimum absolute atomic E-state index is 0. The second-order valence-electron chi connectivity index (χ2n) is 25.5. The molecule has 2 heterocycles. The first kappa shape index (κ1) is 92.9. The van der Waals surface area contributed by atoms with E-state index in [0.29, 0.717) is 125 Å². The lowest BCUT2D eigenvalue weighted by Gasteiger charge is -2.36. The topological polar surface area (TPSA) is 343 Å².